The molecule has 118 valence electrons. The van der Waals surface area contributed by atoms with Gasteiger partial charge in [0.15, 0.2) is 0 Å². The third-order valence-electron chi connectivity index (χ3n) is 3.08. The lowest BCUT2D eigenvalue weighted by atomic mass is 9.88. The van der Waals surface area contributed by atoms with Gasteiger partial charge in [0.05, 0.1) is 0 Å². The molecule has 0 saturated heterocycles. The smallest absolute Gasteiger partial charge is 0.224 e. The van der Waals surface area contributed by atoms with Crippen LogP contribution in [0.4, 0.5) is 0 Å². The van der Waals surface area contributed by atoms with Crippen LogP contribution in [0.1, 0.15) is 67.2 Å². The number of carbonyl (C=O) groups is 2. The van der Waals surface area contributed by atoms with Crippen LogP contribution in [0.3, 0.4) is 0 Å². The third kappa shape index (κ3) is 7.84. The molecule has 0 unspecified atom stereocenters. The number of nitrogens with one attached hydrogen (secondary N) is 1. The molecular formula is C18H29NO2. The molecule has 0 aromatic rings. The second-order valence-electron chi connectivity index (χ2n) is 8.43. The fourth-order valence-corrected chi connectivity index (χ4v) is 2.40. The van der Waals surface area contributed by atoms with Gasteiger partial charge in [0.1, 0.15) is 5.78 Å². The van der Waals surface area contributed by atoms with Crippen molar-refractivity contribution < 1.29 is 9.59 Å². The van der Waals surface area contributed by atoms with E-state index in [0.29, 0.717) is 25.7 Å². The van der Waals surface area contributed by atoms with Crippen LogP contribution in [0.5, 0.6) is 0 Å². The van der Waals surface area contributed by atoms with Crippen LogP contribution in [0, 0.1) is 10.8 Å². The number of Topliss-reactive ketones (excluding diaryl/α,β-unsaturated/α-hetero) is 1. The molecule has 0 aromatic carbocycles. The van der Waals surface area contributed by atoms with E-state index in [4.69, 9.17) is 0 Å². The third-order valence-corrected chi connectivity index (χ3v) is 3.08. The summed E-state index contributed by atoms with van der Waals surface area (Å²) >= 11 is 0. The quantitative estimate of drug-likeness (QED) is 0.827. The summed E-state index contributed by atoms with van der Waals surface area (Å²) in [6, 6.07) is 0. The van der Waals surface area contributed by atoms with Crippen LogP contribution < -0.4 is 5.32 Å². The maximum Gasteiger partial charge on any atom is 0.224 e. The van der Waals surface area contributed by atoms with Gasteiger partial charge in [0.2, 0.25) is 5.91 Å². The fourth-order valence-electron chi connectivity index (χ4n) is 2.40. The number of hydrogen-bond donors (Lipinski definition) is 1. The van der Waals surface area contributed by atoms with Gasteiger partial charge in [-0.2, -0.15) is 0 Å². The molecule has 1 N–H and O–H groups in total. The first kappa shape index (κ1) is 17.7. The molecule has 3 nitrogen and oxygen atoms in total. The van der Waals surface area contributed by atoms with Crippen molar-refractivity contribution in [3.8, 4) is 0 Å². The van der Waals surface area contributed by atoms with Crippen molar-refractivity contribution >= 4 is 11.7 Å². The normalized spacial score (nSPS) is 15.5. The van der Waals surface area contributed by atoms with Gasteiger partial charge < -0.3 is 5.32 Å². The molecule has 0 atom stereocenters. The molecule has 1 aliphatic rings. The van der Waals surface area contributed by atoms with Gasteiger partial charge >= 0.3 is 0 Å². The SMILES string of the molecule is CC(C)(C)CC(=O)CC1=CC=C(NC(=O)CC(C)(C)C)C1. The predicted molar refractivity (Wildman–Crippen MR) is 86.7 cm³/mol. The van der Waals surface area contributed by atoms with E-state index < -0.39 is 0 Å². The van der Waals surface area contributed by atoms with Crippen molar-refractivity contribution in [3.05, 3.63) is 23.4 Å². The maximum absolute atomic E-state index is 12.0. The Morgan fingerprint density at radius 2 is 1.57 bits per heavy atom. The minimum absolute atomic E-state index is 0.0117. The van der Waals surface area contributed by atoms with Gasteiger partial charge in [0, 0.05) is 31.4 Å². The Bertz CT molecular complexity index is 426. The standard InChI is InChI=1S/C18H29NO2/c1-17(2,3)11-15(20)10-13-7-8-14(9-13)19-16(21)12-18(4,5)6/h7-8H,9-12H2,1-6H3,(H,19,21). The van der Waals surface area contributed by atoms with E-state index in [1.165, 1.54) is 0 Å². The highest BCUT2D eigenvalue weighted by Crippen LogP contribution is 2.25. The summed E-state index contributed by atoms with van der Waals surface area (Å²) < 4.78 is 0. The van der Waals surface area contributed by atoms with Crippen molar-refractivity contribution in [1.29, 1.82) is 0 Å². The molecule has 1 rings (SSSR count). The average molecular weight is 291 g/mol. The molecule has 21 heavy (non-hydrogen) atoms. The first-order valence-corrected chi connectivity index (χ1v) is 7.65. The Hall–Kier alpha value is -1.38. The topological polar surface area (TPSA) is 46.2 Å². The van der Waals surface area contributed by atoms with Crippen LogP contribution in [-0.4, -0.2) is 11.7 Å². The van der Waals surface area contributed by atoms with E-state index in [9.17, 15) is 9.59 Å². The largest absolute Gasteiger partial charge is 0.329 e. The minimum Gasteiger partial charge on any atom is -0.329 e. The van der Waals surface area contributed by atoms with Crippen molar-refractivity contribution in [1.82, 2.24) is 5.32 Å². The number of carbonyl (C=O) groups excluding carboxylic acids is 2. The summed E-state index contributed by atoms with van der Waals surface area (Å²) in [5, 5.41) is 2.95. The molecule has 0 spiro atoms. The Morgan fingerprint density at radius 1 is 1.00 bits per heavy atom. The molecular weight excluding hydrogens is 262 g/mol. The van der Waals surface area contributed by atoms with E-state index in [1.807, 2.05) is 32.9 Å². The second kappa shape index (κ2) is 6.59. The lowest BCUT2D eigenvalue weighted by Crippen LogP contribution is -2.26. The molecule has 0 aliphatic heterocycles. The average Bonchev–Trinajstić information content (AvgIpc) is 2.58. The van der Waals surface area contributed by atoms with E-state index in [1.54, 1.807) is 0 Å². The Balaban J connectivity index is 2.38. The van der Waals surface area contributed by atoms with Gasteiger partial charge in [0.25, 0.3) is 0 Å². The Kier molecular flexibility index (Phi) is 5.54. The van der Waals surface area contributed by atoms with Gasteiger partial charge in [-0.1, -0.05) is 53.2 Å². The zero-order chi connectivity index (χ0) is 16.3. The second-order valence-corrected chi connectivity index (χ2v) is 8.43. The van der Waals surface area contributed by atoms with Gasteiger partial charge in [-0.25, -0.2) is 0 Å². The summed E-state index contributed by atoms with van der Waals surface area (Å²) in [6.45, 7) is 12.4. The van der Waals surface area contributed by atoms with Crippen molar-refractivity contribution in [2.45, 2.75) is 67.2 Å². The molecule has 0 heterocycles. The van der Waals surface area contributed by atoms with E-state index in [2.05, 4.69) is 26.1 Å². The number of ketones is 1. The summed E-state index contributed by atoms with van der Waals surface area (Å²) in [6.07, 6.45) is 6.16. The molecule has 0 radical (unpaired) electrons. The van der Waals surface area contributed by atoms with Gasteiger partial charge in [-0.3, -0.25) is 9.59 Å². The van der Waals surface area contributed by atoms with Gasteiger partial charge in [-0.15, -0.1) is 0 Å². The Labute approximate surface area is 128 Å². The van der Waals surface area contributed by atoms with E-state index >= 15 is 0 Å². The number of rotatable bonds is 5. The van der Waals surface area contributed by atoms with Crippen LogP contribution in [-0.2, 0) is 9.59 Å². The van der Waals surface area contributed by atoms with E-state index in [-0.39, 0.29) is 22.5 Å². The first-order chi connectivity index (χ1) is 9.44. The zero-order valence-electron chi connectivity index (χ0n) is 14.3. The van der Waals surface area contributed by atoms with Gasteiger partial charge in [-0.05, 0) is 16.9 Å². The monoisotopic (exact) mass is 291 g/mol. The maximum atomic E-state index is 12.0. The Morgan fingerprint density at radius 3 is 2.10 bits per heavy atom. The van der Waals surface area contributed by atoms with Crippen molar-refractivity contribution in [2.24, 2.45) is 10.8 Å². The van der Waals surface area contributed by atoms with Crippen LogP contribution in [0.15, 0.2) is 23.4 Å². The zero-order valence-corrected chi connectivity index (χ0v) is 14.3. The molecule has 3 heteroatoms. The van der Waals surface area contributed by atoms with Crippen molar-refractivity contribution in [3.63, 3.8) is 0 Å². The molecule has 0 bridgehead atoms. The summed E-state index contributed by atoms with van der Waals surface area (Å²) in [5.74, 6) is 0.314. The number of allylic oxidation sites excluding steroid dienone is 3. The van der Waals surface area contributed by atoms with Crippen LogP contribution >= 0.6 is 0 Å². The molecule has 0 aromatic heterocycles. The highest BCUT2D eigenvalue weighted by atomic mass is 16.1. The predicted octanol–water partition coefficient (Wildman–Crippen LogP) is 4.15. The molecule has 1 aliphatic carbocycles. The highest BCUT2D eigenvalue weighted by Gasteiger charge is 2.20. The lowest BCUT2D eigenvalue weighted by Gasteiger charge is -2.18. The summed E-state index contributed by atoms with van der Waals surface area (Å²) in [5.41, 5.74) is 2.02. The minimum atomic E-state index is -0.0117. The number of amides is 1. The highest BCUT2D eigenvalue weighted by molar-refractivity contribution is 5.82. The molecule has 0 saturated carbocycles. The van der Waals surface area contributed by atoms with Crippen LogP contribution in [0.2, 0.25) is 0 Å². The number of hydrogen-bond acceptors (Lipinski definition) is 2. The fraction of sp³-hybridized carbons (Fsp3) is 0.667. The summed E-state index contributed by atoms with van der Waals surface area (Å²) in [4.78, 5) is 23.9. The molecule has 1 amide bonds. The summed E-state index contributed by atoms with van der Waals surface area (Å²) in [7, 11) is 0. The van der Waals surface area contributed by atoms with Crippen LogP contribution in [0.25, 0.3) is 0 Å². The molecule has 0 fully saturated rings. The van der Waals surface area contributed by atoms with E-state index in [0.717, 1.165) is 11.3 Å². The first-order valence-electron chi connectivity index (χ1n) is 7.65. The lowest BCUT2D eigenvalue weighted by molar-refractivity contribution is -0.122. The van der Waals surface area contributed by atoms with Crippen molar-refractivity contribution in [2.75, 3.05) is 0 Å².